The number of ether oxygens (including phenoxy) is 2. The minimum atomic E-state index is -0.0826. The van der Waals surface area contributed by atoms with Gasteiger partial charge >= 0.3 is 0 Å². The van der Waals surface area contributed by atoms with Crippen molar-refractivity contribution >= 4 is 17.2 Å². The zero-order valence-corrected chi connectivity index (χ0v) is 15.4. The van der Waals surface area contributed by atoms with Crippen molar-refractivity contribution in [2.24, 2.45) is 0 Å². The summed E-state index contributed by atoms with van der Waals surface area (Å²) >= 11 is 1.69. The molecule has 0 aliphatic carbocycles. The van der Waals surface area contributed by atoms with Crippen LogP contribution in [0, 0.1) is 0 Å². The molecule has 5 nitrogen and oxygen atoms in total. The maximum absolute atomic E-state index is 12.7. The summed E-state index contributed by atoms with van der Waals surface area (Å²) in [5.41, 5.74) is 0. The quantitative estimate of drug-likeness (QED) is 0.570. The molecule has 0 N–H and O–H groups in total. The molecule has 3 aromatic rings. The molecule has 0 bridgehead atoms. The molecule has 0 spiro atoms. The van der Waals surface area contributed by atoms with Gasteiger partial charge in [0.05, 0.1) is 19.9 Å². The lowest BCUT2D eigenvalue weighted by molar-refractivity contribution is -0.134. The molecule has 0 atom stereocenters. The first-order valence-electron chi connectivity index (χ1n) is 8.34. The van der Waals surface area contributed by atoms with Crippen molar-refractivity contribution < 1.29 is 18.7 Å². The predicted octanol–water partition coefficient (Wildman–Crippen LogP) is 4.00. The summed E-state index contributed by atoms with van der Waals surface area (Å²) in [5, 5.41) is 2.04. The van der Waals surface area contributed by atoms with Crippen LogP contribution in [0.25, 0.3) is 0 Å². The largest absolute Gasteiger partial charge is 0.497 e. The molecule has 0 aliphatic heterocycles. The molecule has 2 heterocycles. The number of hydrogen-bond donors (Lipinski definition) is 0. The SMILES string of the molecule is COc1cccc(OCC(=O)N(CCc2cccs2)Cc2ccco2)c1. The van der Waals surface area contributed by atoms with E-state index in [4.69, 9.17) is 13.9 Å². The summed E-state index contributed by atoms with van der Waals surface area (Å²) < 4.78 is 16.2. The Hall–Kier alpha value is -2.73. The van der Waals surface area contributed by atoms with E-state index in [9.17, 15) is 4.79 Å². The highest BCUT2D eigenvalue weighted by atomic mass is 32.1. The number of hydrogen-bond acceptors (Lipinski definition) is 5. The van der Waals surface area contributed by atoms with Crippen LogP contribution in [0.15, 0.2) is 64.6 Å². The van der Waals surface area contributed by atoms with Crippen molar-refractivity contribution in [1.82, 2.24) is 4.90 Å². The second kappa shape index (κ2) is 9.10. The molecule has 6 heteroatoms. The summed E-state index contributed by atoms with van der Waals surface area (Å²) in [6.07, 6.45) is 2.42. The minimum Gasteiger partial charge on any atom is -0.497 e. The molecular formula is C20H21NO4S. The lowest BCUT2D eigenvalue weighted by Crippen LogP contribution is -2.35. The van der Waals surface area contributed by atoms with E-state index in [1.165, 1.54) is 4.88 Å². The Morgan fingerprint density at radius 1 is 1.15 bits per heavy atom. The van der Waals surface area contributed by atoms with E-state index in [-0.39, 0.29) is 12.5 Å². The van der Waals surface area contributed by atoms with Crippen molar-refractivity contribution in [3.8, 4) is 11.5 Å². The van der Waals surface area contributed by atoms with Gasteiger partial charge in [-0.3, -0.25) is 4.79 Å². The smallest absolute Gasteiger partial charge is 0.260 e. The van der Waals surface area contributed by atoms with Gasteiger partial charge in [-0.2, -0.15) is 0 Å². The van der Waals surface area contributed by atoms with Crippen LogP contribution >= 0.6 is 11.3 Å². The maximum Gasteiger partial charge on any atom is 0.260 e. The van der Waals surface area contributed by atoms with Crippen molar-refractivity contribution in [2.45, 2.75) is 13.0 Å². The van der Waals surface area contributed by atoms with Gasteiger partial charge in [-0.05, 0) is 42.1 Å². The summed E-state index contributed by atoms with van der Waals surface area (Å²) in [6.45, 7) is 1.01. The number of benzene rings is 1. The van der Waals surface area contributed by atoms with E-state index in [0.29, 0.717) is 24.6 Å². The topological polar surface area (TPSA) is 51.9 Å². The molecule has 1 amide bonds. The Bertz CT molecular complexity index is 799. The van der Waals surface area contributed by atoms with Crippen LogP contribution in [0.4, 0.5) is 0 Å². The van der Waals surface area contributed by atoms with E-state index >= 15 is 0 Å². The van der Waals surface area contributed by atoms with Gasteiger partial charge in [0.1, 0.15) is 17.3 Å². The van der Waals surface area contributed by atoms with Crippen molar-refractivity contribution in [2.75, 3.05) is 20.3 Å². The van der Waals surface area contributed by atoms with Crippen LogP contribution in [-0.4, -0.2) is 31.1 Å². The fraction of sp³-hybridized carbons (Fsp3) is 0.250. The van der Waals surface area contributed by atoms with Gasteiger partial charge in [0.15, 0.2) is 6.61 Å². The minimum absolute atomic E-state index is 0.0294. The van der Waals surface area contributed by atoms with Crippen LogP contribution in [0.2, 0.25) is 0 Å². The summed E-state index contributed by atoms with van der Waals surface area (Å²) in [5.74, 6) is 1.97. The van der Waals surface area contributed by atoms with E-state index in [1.54, 1.807) is 41.7 Å². The monoisotopic (exact) mass is 371 g/mol. The molecule has 0 saturated carbocycles. The fourth-order valence-corrected chi connectivity index (χ4v) is 3.21. The lowest BCUT2D eigenvalue weighted by atomic mass is 10.3. The Morgan fingerprint density at radius 3 is 2.77 bits per heavy atom. The van der Waals surface area contributed by atoms with E-state index < -0.39 is 0 Å². The molecule has 3 rings (SSSR count). The zero-order chi connectivity index (χ0) is 18.2. The summed E-state index contributed by atoms with van der Waals surface area (Å²) in [4.78, 5) is 15.7. The Labute approximate surface area is 156 Å². The molecule has 0 saturated heterocycles. The van der Waals surface area contributed by atoms with E-state index in [2.05, 4.69) is 6.07 Å². The third-order valence-electron chi connectivity index (χ3n) is 3.89. The highest BCUT2D eigenvalue weighted by Gasteiger charge is 2.16. The van der Waals surface area contributed by atoms with Crippen LogP contribution in [0.5, 0.6) is 11.5 Å². The average Bonchev–Trinajstić information content (AvgIpc) is 3.37. The third-order valence-corrected chi connectivity index (χ3v) is 4.83. The van der Waals surface area contributed by atoms with Gasteiger partial charge in [0, 0.05) is 17.5 Å². The zero-order valence-electron chi connectivity index (χ0n) is 14.6. The highest BCUT2D eigenvalue weighted by molar-refractivity contribution is 7.09. The second-order valence-corrected chi connectivity index (χ2v) is 6.72. The van der Waals surface area contributed by atoms with Gasteiger partial charge < -0.3 is 18.8 Å². The van der Waals surface area contributed by atoms with E-state index in [0.717, 1.165) is 12.2 Å². The molecule has 0 fully saturated rings. The second-order valence-electron chi connectivity index (χ2n) is 5.69. The normalized spacial score (nSPS) is 10.5. The summed E-state index contributed by atoms with van der Waals surface area (Å²) in [7, 11) is 1.60. The van der Waals surface area contributed by atoms with Crippen molar-refractivity contribution in [3.05, 3.63) is 70.8 Å². The molecule has 0 unspecified atom stereocenters. The predicted molar refractivity (Wildman–Crippen MR) is 101 cm³/mol. The summed E-state index contributed by atoms with van der Waals surface area (Å²) in [6, 6.07) is 15.0. The van der Waals surface area contributed by atoms with Gasteiger partial charge in [-0.1, -0.05) is 12.1 Å². The molecule has 2 aromatic heterocycles. The number of carbonyl (C=O) groups is 1. The number of carbonyl (C=O) groups excluding carboxylic acids is 1. The molecular weight excluding hydrogens is 350 g/mol. The molecule has 26 heavy (non-hydrogen) atoms. The Kier molecular flexibility index (Phi) is 6.33. The first-order chi connectivity index (χ1) is 12.7. The van der Waals surface area contributed by atoms with Crippen molar-refractivity contribution in [1.29, 1.82) is 0 Å². The standard InChI is InChI=1S/C20H21NO4S/c1-23-16-5-2-6-17(13-16)25-15-20(22)21(14-18-7-3-11-24-18)10-9-19-8-4-12-26-19/h2-8,11-13H,9-10,14-15H2,1H3. The average molecular weight is 371 g/mol. The Morgan fingerprint density at radius 2 is 2.04 bits per heavy atom. The maximum atomic E-state index is 12.7. The van der Waals surface area contributed by atoms with Gasteiger partial charge in [-0.15, -0.1) is 11.3 Å². The van der Waals surface area contributed by atoms with Gasteiger partial charge in [0.2, 0.25) is 0 Å². The first-order valence-corrected chi connectivity index (χ1v) is 9.22. The molecule has 0 aliphatic rings. The van der Waals surface area contributed by atoms with Gasteiger partial charge in [0.25, 0.3) is 5.91 Å². The third kappa shape index (κ3) is 5.13. The number of furan rings is 1. The number of nitrogens with zero attached hydrogens (tertiary/aromatic N) is 1. The van der Waals surface area contributed by atoms with E-state index in [1.807, 2.05) is 35.7 Å². The number of methoxy groups -OCH3 is 1. The van der Waals surface area contributed by atoms with Gasteiger partial charge in [-0.25, -0.2) is 0 Å². The lowest BCUT2D eigenvalue weighted by Gasteiger charge is -2.21. The number of rotatable bonds is 9. The fourth-order valence-electron chi connectivity index (χ4n) is 2.51. The number of thiophene rings is 1. The number of amides is 1. The Balaban J connectivity index is 1.61. The molecule has 136 valence electrons. The molecule has 1 aromatic carbocycles. The highest BCUT2D eigenvalue weighted by Crippen LogP contribution is 2.19. The van der Waals surface area contributed by atoms with Crippen LogP contribution in [0.1, 0.15) is 10.6 Å². The first kappa shape index (κ1) is 18.1. The van der Waals surface area contributed by atoms with Crippen LogP contribution < -0.4 is 9.47 Å². The molecule has 0 radical (unpaired) electrons. The van der Waals surface area contributed by atoms with Crippen LogP contribution in [0.3, 0.4) is 0 Å². The van der Waals surface area contributed by atoms with Crippen molar-refractivity contribution in [3.63, 3.8) is 0 Å². The van der Waals surface area contributed by atoms with Crippen LogP contribution in [-0.2, 0) is 17.8 Å².